The molecule has 1 saturated heterocycles. The molecule has 0 spiro atoms. The molecule has 2 aliphatic rings. The second-order valence-electron chi connectivity index (χ2n) is 7.50. The topological polar surface area (TPSA) is 81.8 Å². The highest BCUT2D eigenvalue weighted by atomic mass is 35.5. The van der Waals surface area contributed by atoms with Crippen LogP contribution in [0.5, 0.6) is 0 Å². The molecule has 4 amide bonds. The van der Waals surface area contributed by atoms with E-state index in [-0.39, 0.29) is 23.8 Å². The summed E-state index contributed by atoms with van der Waals surface area (Å²) in [6.07, 6.45) is 2.59. The molecule has 2 aromatic rings. The number of anilines is 2. The number of nitrogens with one attached hydrogen (secondary N) is 2. The highest BCUT2D eigenvalue weighted by Crippen LogP contribution is 2.32. The second kappa shape index (κ2) is 9.06. The number of benzene rings is 1. The Labute approximate surface area is 184 Å². The van der Waals surface area contributed by atoms with Gasteiger partial charge in [-0.2, -0.15) is 0 Å². The minimum Gasteiger partial charge on any atom is -0.336 e. The van der Waals surface area contributed by atoms with Gasteiger partial charge >= 0.3 is 6.03 Å². The van der Waals surface area contributed by atoms with E-state index in [0.29, 0.717) is 53.2 Å². The molecule has 9 heteroatoms. The molecule has 0 atom stereocenters. The third-order valence-electron chi connectivity index (χ3n) is 5.18. The number of hydrogen-bond acceptors (Lipinski definition) is 4. The lowest BCUT2D eigenvalue weighted by Crippen LogP contribution is -2.39. The number of amides is 4. The highest BCUT2D eigenvalue weighted by Gasteiger charge is 2.30. The van der Waals surface area contributed by atoms with E-state index in [0.717, 1.165) is 12.8 Å². The maximum absolute atomic E-state index is 12.9. The largest absolute Gasteiger partial charge is 0.336 e. The minimum absolute atomic E-state index is 0.0352. The molecule has 2 heterocycles. The van der Waals surface area contributed by atoms with Crippen molar-refractivity contribution in [2.75, 3.05) is 36.8 Å². The summed E-state index contributed by atoms with van der Waals surface area (Å²) in [7, 11) is 0. The van der Waals surface area contributed by atoms with Crippen LogP contribution >= 0.6 is 22.9 Å². The molecule has 2 fully saturated rings. The summed E-state index contributed by atoms with van der Waals surface area (Å²) in [6.45, 7) is 2.10. The van der Waals surface area contributed by atoms with Crippen LogP contribution in [-0.2, 0) is 4.79 Å². The van der Waals surface area contributed by atoms with Crippen molar-refractivity contribution in [1.82, 2.24) is 9.80 Å². The van der Waals surface area contributed by atoms with Crippen molar-refractivity contribution in [2.45, 2.75) is 19.3 Å². The summed E-state index contributed by atoms with van der Waals surface area (Å²) in [5.74, 6) is 0.0988. The van der Waals surface area contributed by atoms with Gasteiger partial charge in [0.2, 0.25) is 5.91 Å². The molecular formula is C21H23ClN4O3S. The van der Waals surface area contributed by atoms with E-state index in [1.807, 2.05) is 0 Å². The molecule has 1 aliphatic heterocycles. The molecule has 7 nitrogen and oxygen atoms in total. The lowest BCUT2D eigenvalue weighted by atomic mass is 10.3. The van der Waals surface area contributed by atoms with Crippen LogP contribution in [0.4, 0.5) is 15.5 Å². The van der Waals surface area contributed by atoms with Crippen LogP contribution in [-0.4, -0.2) is 53.8 Å². The fourth-order valence-corrected chi connectivity index (χ4v) is 4.31. The number of urea groups is 1. The Hall–Kier alpha value is -2.58. The first-order valence-electron chi connectivity index (χ1n) is 10.0. The fraction of sp³-hybridized carbons (Fsp3) is 0.381. The molecule has 2 N–H and O–H groups in total. The number of hydrogen-bond donors (Lipinski definition) is 2. The molecule has 0 unspecified atom stereocenters. The summed E-state index contributed by atoms with van der Waals surface area (Å²) >= 11 is 7.18. The van der Waals surface area contributed by atoms with Gasteiger partial charge in [0.05, 0.1) is 9.88 Å². The molecule has 4 rings (SSSR count). The monoisotopic (exact) mass is 446 g/mol. The lowest BCUT2D eigenvalue weighted by molar-refractivity contribution is -0.117. The molecule has 0 radical (unpaired) electrons. The van der Waals surface area contributed by atoms with E-state index in [4.69, 9.17) is 11.6 Å². The number of carbonyl (C=O) groups excluding carboxylic acids is 3. The van der Waals surface area contributed by atoms with Crippen molar-refractivity contribution in [1.29, 1.82) is 0 Å². The maximum Gasteiger partial charge on any atom is 0.321 e. The Morgan fingerprint density at radius 1 is 0.900 bits per heavy atom. The number of rotatable bonds is 4. The average Bonchev–Trinajstić information content (AvgIpc) is 3.53. The van der Waals surface area contributed by atoms with Gasteiger partial charge in [-0.3, -0.25) is 9.59 Å². The highest BCUT2D eigenvalue weighted by molar-refractivity contribution is 7.18. The molecule has 0 bridgehead atoms. The summed E-state index contributed by atoms with van der Waals surface area (Å²) in [5, 5.41) is 7.06. The smallest absolute Gasteiger partial charge is 0.321 e. The van der Waals surface area contributed by atoms with Gasteiger partial charge in [-0.05, 0) is 55.7 Å². The van der Waals surface area contributed by atoms with Gasteiger partial charge in [0.15, 0.2) is 0 Å². The van der Waals surface area contributed by atoms with E-state index in [2.05, 4.69) is 10.6 Å². The number of nitrogens with zero attached hydrogens (tertiary/aromatic N) is 2. The zero-order valence-electron chi connectivity index (χ0n) is 16.4. The Balaban J connectivity index is 1.31. The Bertz CT molecular complexity index is 942. The molecule has 1 saturated carbocycles. The van der Waals surface area contributed by atoms with E-state index in [1.54, 1.807) is 46.2 Å². The molecular weight excluding hydrogens is 424 g/mol. The molecule has 1 aromatic carbocycles. The number of carbonyl (C=O) groups is 3. The average molecular weight is 447 g/mol. The van der Waals surface area contributed by atoms with E-state index in [9.17, 15) is 14.4 Å². The van der Waals surface area contributed by atoms with Crippen molar-refractivity contribution in [3.63, 3.8) is 0 Å². The van der Waals surface area contributed by atoms with Crippen LogP contribution in [0.3, 0.4) is 0 Å². The summed E-state index contributed by atoms with van der Waals surface area (Å²) < 4.78 is 0. The lowest BCUT2D eigenvalue weighted by Gasteiger charge is -2.22. The zero-order valence-corrected chi connectivity index (χ0v) is 18.0. The van der Waals surface area contributed by atoms with Crippen LogP contribution in [0, 0.1) is 5.92 Å². The van der Waals surface area contributed by atoms with E-state index in [1.165, 1.54) is 11.3 Å². The first-order chi connectivity index (χ1) is 14.5. The van der Waals surface area contributed by atoms with Crippen LogP contribution in [0.15, 0.2) is 36.4 Å². The van der Waals surface area contributed by atoms with E-state index >= 15 is 0 Å². The molecule has 30 heavy (non-hydrogen) atoms. The predicted molar refractivity (Wildman–Crippen MR) is 118 cm³/mol. The first kappa shape index (κ1) is 20.7. The summed E-state index contributed by atoms with van der Waals surface area (Å²) in [5.41, 5.74) is 0.681. The maximum atomic E-state index is 12.9. The van der Waals surface area contributed by atoms with Crippen molar-refractivity contribution >= 4 is 51.5 Å². The second-order valence-corrected chi connectivity index (χ2v) is 9.02. The normalized spacial score (nSPS) is 16.7. The number of thiophene rings is 1. The van der Waals surface area contributed by atoms with Crippen molar-refractivity contribution in [3.05, 3.63) is 46.3 Å². The minimum atomic E-state index is -0.187. The molecule has 1 aliphatic carbocycles. The zero-order chi connectivity index (χ0) is 21.1. The van der Waals surface area contributed by atoms with E-state index < -0.39 is 0 Å². The van der Waals surface area contributed by atoms with Gasteiger partial charge in [0.1, 0.15) is 0 Å². The van der Waals surface area contributed by atoms with Crippen molar-refractivity contribution < 1.29 is 14.4 Å². The van der Waals surface area contributed by atoms with Gasteiger partial charge < -0.3 is 20.4 Å². The van der Waals surface area contributed by atoms with Gasteiger partial charge in [-0.15, -0.1) is 11.3 Å². The van der Waals surface area contributed by atoms with Gasteiger partial charge in [-0.25, -0.2) is 4.79 Å². The standard InChI is InChI=1S/C21H23ClN4O3S/c22-15-4-6-16(7-5-15)23-21(29)26-11-1-10-25(12-13-26)20(28)17-8-9-18(30-17)24-19(27)14-2-3-14/h4-9,14H,1-3,10-13H2,(H,23,29)(H,24,27). The van der Waals surface area contributed by atoms with Gasteiger partial charge in [0, 0.05) is 42.8 Å². The fourth-order valence-electron chi connectivity index (χ4n) is 3.30. The Kier molecular flexibility index (Phi) is 6.24. The van der Waals surface area contributed by atoms with Gasteiger partial charge in [-0.1, -0.05) is 11.6 Å². The Morgan fingerprint density at radius 2 is 1.60 bits per heavy atom. The quantitative estimate of drug-likeness (QED) is 0.740. The van der Waals surface area contributed by atoms with Crippen LogP contribution in [0.1, 0.15) is 28.9 Å². The predicted octanol–water partition coefficient (Wildman–Crippen LogP) is 4.13. The van der Waals surface area contributed by atoms with Crippen LogP contribution in [0.2, 0.25) is 5.02 Å². The third-order valence-corrected chi connectivity index (χ3v) is 6.42. The number of halogens is 1. The summed E-state index contributed by atoms with van der Waals surface area (Å²) in [4.78, 5) is 41.4. The van der Waals surface area contributed by atoms with Crippen molar-refractivity contribution in [3.8, 4) is 0 Å². The van der Waals surface area contributed by atoms with Gasteiger partial charge in [0.25, 0.3) is 5.91 Å². The SMILES string of the molecule is O=C(Nc1ccc(C(=O)N2CCCN(C(=O)Nc3ccc(Cl)cc3)CC2)s1)C1CC1. The van der Waals surface area contributed by atoms with Crippen molar-refractivity contribution in [2.24, 2.45) is 5.92 Å². The molecule has 1 aromatic heterocycles. The van der Waals surface area contributed by atoms with Crippen LogP contribution < -0.4 is 10.6 Å². The molecule has 158 valence electrons. The third kappa shape index (κ3) is 5.12. The van der Waals surface area contributed by atoms with Crippen LogP contribution in [0.25, 0.3) is 0 Å². The Morgan fingerprint density at radius 3 is 2.33 bits per heavy atom. The summed E-state index contributed by atoms with van der Waals surface area (Å²) in [6, 6.07) is 10.3. The first-order valence-corrected chi connectivity index (χ1v) is 11.2.